The summed E-state index contributed by atoms with van der Waals surface area (Å²) in [6.45, 7) is 2.32. The number of nitrogens with zero attached hydrogens (tertiary/aromatic N) is 4. The van der Waals surface area contributed by atoms with Crippen LogP contribution in [-0.2, 0) is 30.8 Å². The van der Waals surface area contributed by atoms with E-state index in [-0.39, 0.29) is 23.8 Å². The zero-order valence-corrected chi connectivity index (χ0v) is 26.7. The van der Waals surface area contributed by atoms with Gasteiger partial charge in [-0.1, -0.05) is 30.3 Å². The summed E-state index contributed by atoms with van der Waals surface area (Å²) in [5.74, 6) is -4.76. The van der Waals surface area contributed by atoms with E-state index in [1.54, 1.807) is 31.3 Å². The summed E-state index contributed by atoms with van der Waals surface area (Å²) >= 11 is 0. The minimum Gasteiger partial charge on any atom is -0.319 e. The fraction of sp³-hybridized carbons (Fsp3) is 0.438. The molecule has 1 saturated carbocycles. The second-order valence-electron chi connectivity index (χ2n) is 12.1. The van der Waals surface area contributed by atoms with E-state index in [1.807, 2.05) is 24.3 Å². The lowest BCUT2D eigenvalue weighted by Gasteiger charge is -2.39. The van der Waals surface area contributed by atoms with Crippen LogP contribution in [0.5, 0.6) is 0 Å². The van der Waals surface area contributed by atoms with Crippen molar-refractivity contribution in [3.8, 4) is 0 Å². The molecule has 3 atom stereocenters. The summed E-state index contributed by atoms with van der Waals surface area (Å²) in [5.41, 5.74) is 2.69. The first-order valence-corrected chi connectivity index (χ1v) is 17.0. The Hall–Kier alpha value is -4.04. The van der Waals surface area contributed by atoms with Gasteiger partial charge < -0.3 is 20.0 Å². The number of amides is 3. The van der Waals surface area contributed by atoms with Crippen molar-refractivity contribution in [3.63, 3.8) is 0 Å². The number of alkyl halides is 3. The molecule has 1 aromatic heterocycles. The smallest absolute Gasteiger partial charge is 0.319 e. The molecular formula is C32H36F3N5O5S. The molecule has 1 aliphatic carbocycles. The van der Waals surface area contributed by atoms with Crippen LogP contribution in [0.25, 0.3) is 10.9 Å². The average Bonchev–Trinajstić information content (AvgIpc) is 3.84. The first-order chi connectivity index (χ1) is 21.6. The van der Waals surface area contributed by atoms with Crippen LogP contribution in [0.3, 0.4) is 0 Å². The molecular weight excluding hydrogens is 623 g/mol. The van der Waals surface area contributed by atoms with Crippen molar-refractivity contribution in [3.05, 3.63) is 65.9 Å². The minimum atomic E-state index is -5.33. The highest BCUT2D eigenvalue weighted by Crippen LogP contribution is 2.45. The number of para-hydroxylation sites is 3. The molecule has 3 aromatic rings. The Labute approximate surface area is 265 Å². The largest absolute Gasteiger partial charge is 0.471 e. The fourth-order valence-electron chi connectivity index (χ4n) is 6.12. The van der Waals surface area contributed by atoms with Gasteiger partial charge in [0, 0.05) is 30.4 Å². The third-order valence-electron chi connectivity index (χ3n) is 8.53. The number of hydrogen-bond donors (Lipinski definition) is 1. The number of benzene rings is 2. The number of rotatable bonds is 9. The number of aromatic nitrogens is 1. The van der Waals surface area contributed by atoms with E-state index < -0.39 is 64.2 Å². The molecule has 1 N–H and O–H groups in total. The third kappa shape index (κ3) is 6.73. The molecule has 0 spiro atoms. The highest BCUT2D eigenvalue weighted by molar-refractivity contribution is 7.91. The second kappa shape index (κ2) is 12.6. The van der Waals surface area contributed by atoms with Crippen LogP contribution in [0.4, 0.5) is 24.5 Å². The third-order valence-corrected chi connectivity index (χ3v) is 9.30. The Morgan fingerprint density at radius 1 is 1.09 bits per heavy atom. The summed E-state index contributed by atoms with van der Waals surface area (Å²) in [5, 5.41) is 3.58. The van der Waals surface area contributed by atoms with E-state index in [0.29, 0.717) is 10.4 Å². The van der Waals surface area contributed by atoms with Gasteiger partial charge in [-0.05, 0) is 69.0 Å². The molecule has 0 unspecified atom stereocenters. The number of anilines is 2. The van der Waals surface area contributed by atoms with Crippen LogP contribution >= 0.6 is 0 Å². The second-order valence-corrected chi connectivity index (χ2v) is 14.2. The summed E-state index contributed by atoms with van der Waals surface area (Å²) in [6.07, 6.45) is -0.864. The number of nitrogens with one attached hydrogen (secondary N) is 1. The molecule has 0 saturated heterocycles. The molecule has 3 amide bonds. The predicted octanol–water partition coefficient (Wildman–Crippen LogP) is 3.79. The van der Waals surface area contributed by atoms with Crippen LogP contribution in [0, 0.1) is 0 Å². The molecule has 5 rings (SSSR count). The number of carbonyl (C=O) groups is 3. The number of pyridine rings is 1. The Bertz CT molecular complexity index is 1780. The van der Waals surface area contributed by atoms with Gasteiger partial charge in [0.15, 0.2) is 9.84 Å². The van der Waals surface area contributed by atoms with Gasteiger partial charge in [-0.2, -0.15) is 13.2 Å². The topological polar surface area (TPSA) is 120 Å². The molecule has 2 heterocycles. The zero-order valence-electron chi connectivity index (χ0n) is 25.9. The van der Waals surface area contributed by atoms with Gasteiger partial charge in [0.25, 0.3) is 5.91 Å². The van der Waals surface area contributed by atoms with E-state index >= 15 is 0 Å². The molecule has 246 valence electrons. The lowest BCUT2D eigenvalue weighted by Crippen LogP contribution is -2.63. The van der Waals surface area contributed by atoms with Crippen molar-refractivity contribution in [1.29, 1.82) is 0 Å². The van der Waals surface area contributed by atoms with Crippen LogP contribution < -0.4 is 15.1 Å². The molecule has 1 aliphatic heterocycles. The Morgan fingerprint density at radius 3 is 2.33 bits per heavy atom. The summed E-state index contributed by atoms with van der Waals surface area (Å²) < 4.78 is 67.1. The molecule has 2 aromatic carbocycles. The highest BCUT2D eigenvalue weighted by Gasteiger charge is 2.52. The average molecular weight is 660 g/mol. The molecule has 46 heavy (non-hydrogen) atoms. The lowest BCUT2D eigenvalue weighted by atomic mass is 9.98. The summed E-state index contributed by atoms with van der Waals surface area (Å²) in [4.78, 5) is 49.1. The Morgan fingerprint density at radius 2 is 1.72 bits per heavy atom. The predicted molar refractivity (Wildman–Crippen MR) is 168 cm³/mol. The standard InChI is InChI=1S/C32H36F3N5O5S/c1-19(36-3)16-39(31(43)32(33,34)35)29-20(2)40(28(41)18-46(4,44)45)27-12-8-7-11-26(27)38(30(29)42)17-24-22-9-5-6-10-25(22)37-15-23(24)21-13-14-21/h5-12,15,19-21,29,36H,13-14,16-18H2,1-4H3/t19-,20-,29-/m0/s1. The summed E-state index contributed by atoms with van der Waals surface area (Å²) in [7, 11) is -2.37. The lowest BCUT2D eigenvalue weighted by molar-refractivity contribution is -0.189. The van der Waals surface area contributed by atoms with Crippen molar-refractivity contribution in [2.24, 2.45) is 0 Å². The first kappa shape index (κ1) is 33.3. The minimum absolute atomic E-state index is 0.0856. The Balaban J connectivity index is 1.75. The maximum atomic E-state index is 14.8. The van der Waals surface area contributed by atoms with Gasteiger partial charge in [0.1, 0.15) is 11.8 Å². The van der Waals surface area contributed by atoms with Gasteiger partial charge in [-0.15, -0.1) is 0 Å². The molecule has 1 fully saturated rings. The Kier molecular flexibility index (Phi) is 9.15. The van der Waals surface area contributed by atoms with E-state index in [0.717, 1.165) is 40.5 Å². The summed E-state index contributed by atoms with van der Waals surface area (Å²) in [6, 6.07) is 9.79. The normalized spacial score (nSPS) is 19.5. The number of sulfone groups is 1. The van der Waals surface area contributed by atoms with Crippen LogP contribution in [-0.4, -0.2) is 85.9 Å². The van der Waals surface area contributed by atoms with Gasteiger partial charge >= 0.3 is 12.1 Å². The molecule has 14 heteroatoms. The first-order valence-electron chi connectivity index (χ1n) is 14.9. The number of hydrogen-bond acceptors (Lipinski definition) is 7. The van der Waals surface area contributed by atoms with Gasteiger partial charge in [-0.3, -0.25) is 19.4 Å². The van der Waals surface area contributed by atoms with Crippen molar-refractivity contribution in [2.75, 3.05) is 35.4 Å². The van der Waals surface area contributed by atoms with Crippen molar-refractivity contribution >= 4 is 49.8 Å². The monoisotopic (exact) mass is 659 g/mol. The van der Waals surface area contributed by atoms with Gasteiger partial charge in [0.2, 0.25) is 5.91 Å². The van der Waals surface area contributed by atoms with Crippen LogP contribution in [0.1, 0.15) is 43.7 Å². The number of halogens is 3. The number of likely N-dealkylation sites (N-methyl/N-ethyl adjacent to an activating group) is 1. The van der Waals surface area contributed by atoms with E-state index in [1.165, 1.54) is 24.9 Å². The SMILES string of the molecule is CN[C@@H](C)CN(C(=O)C(F)(F)F)[C@@H]1C(=O)N(Cc2c(C3CC3)cnc3ccccc23)c2ccccc2N(C(=O)CS(C)(=O)=O)[C@H]1C. The van der Waals surface area contributed by atoms with Crippen LogP contribution in [0.15, 0.2) is 54.7 Å². The molecule has 0 radical (unpaired) electrons. The molecule has 10 nitrogen and oxygen atoms in total. The van der Waals surface area contributed by atoms with Gasteiger partial charge in [0.05, 0.1) is 29.5 Å². The van der Waals surface area contributed by atoms with E-state index in [2.05, 4.69) is 10.3 Å². The fourth-order valence-corrected chi connectivity index (χ4v) is 6.71. The van der Waals surface area contributed by atoms with Crippen molar-refractivity contribution in [2.45, 2.75) is 63.5 Å². The zero-order chi connectivity index (χ0) is 33.6. The van der Waals surface area contributed by atoms with Crippen molar-refractivity contribution in [1.82, 2.24) is 15.2 Å². The maximum Gasteiger partial charge on any atom is 0.471 e. The van der Waals surface area contributed by atoms with Gasteiger partial charge in [-0.25, -0.2) is 8.42 Å². The quantitative estimate of drug-likeness (QED) is 0.371. The maximum absolute atomic E-state index is 14.8. The molecule has 2 aliphatic rings. The van der Waals surface area contributed by atoms with Crippen molar-refractivity contribution < 1.29 is 36.0 Å². The van der Waals surface area contributed by atoms with E-state index in [4.69, 9.17) is 0 Å². The highest BCUT2D eigenvalue weighted by atomic mass is 32.2. The van der Waals surface area contributed by atoms with Crippen LogP contribution in [0.2, 0.25) is 0 Å². The number of carbonyl (C=O) groups excluding carboxylic acids is 3. The molecule has 0 bridgehead atoms. The van der Waals surface area contributed by atoms with E-state index in [9.17, 15) is 36.0 Å². The number of fused-ring (bicyclic) bond motifs is 2.